The number of halogens is 3. The van der Waals surface area contributed by atoms with Crippen molar-refractivity contribution in [1.82, 2.24) is 0 Å². The van der Waals surface area contributed by atoms with Gasteiger partial charge in [0, 0.05) is 12.1 Å². The van der Waals surface area contributed by atoms with Crippen LogP contribution in [-0.2, 0) is 5.92 Å². The minimum absolute atomic E-state index is 0.447. The first-order valence-electron chi connectivity index (χ1n) is 4.00. The molecular weight excluding hydrogens is 195 g/mol. The minimum Gasteiger partial charge on any atom is -0.385 e. The van der Waals surface area contributed by atoms with E-state index in [1.54, 1.807) is 0 Å². The number of aliphatic hydroxyl groups is 1. The summed E-state index contributed by atoms with van der Waals surface area (Å²) in [5, 5.41) is 8.94. The van der Waals surface area contributed by atoms with E-state index in [4.69, 9.17) is 10.8 Å². The Morgan fingerprint density at radius 3 is 2.21 bits per heavy atom. The summed E-state index contributed by atoms with van der Waals surface area (Å²) in [6.07, 6.45) is -1.95. The molecule has 0 aliphatic heterocycles. The highest BCUT2D eigenvalue weighted by molar-refractivity contribution is 5.22. The molecule has 0 heterocycles. The minimum atomic E-state index is -3.44. The lowest BCUT2D eigenvalue weighted by Crippen LogP contribution is -2.37. The lowest BCUT2D eigenvalue weighted by Gasteiger charge is -2.21. The van der Waals surface area contributed by atoms with Gasteiger partial charge in [-0.1, -0.05) is 12.1 Å². The summed E-state index contributed by atoms with van der Waals surface area (Å²) in [7, 11) is 0. The van der Waals surface area contributed by atoms with Crippen molar-refractivity contribution in [3.05, 3.63) is 35.6 Å². The van der Waals surface area contributed by atoms with Gasteiger partial charge >= 0.3 is 0 Å². The molecule has 0 saturated carbocycles. The molecule has 5 heteroatoms. The molecule has 1 atom stereocenters. The average molecular weight is 205 g/mol. The molecule has 0 saturated heterocycles. The molecule has 0 radical (unpaired) electrons. The van der Waals surface area contributed by atoms with Crippen LogP contribution in [0, 0.1) is 5.82 Å². The molecular formula is C9H10F3NO. The average Bonchev–Trinajstić information content (AvgIpc) is 2.17. The second-order valence-corrected chi connectivity index (χ2v) is 2.88. The summed E-state index contributed by atoms with van der Waals surface area (Å²) < 4.78 is 38.9. The second-order valence-electron chi connectivity index (χ2n) is 2.88. The van der Waals surface area contributed by atoms with Crippen molar-refractivity contribution < 1.29 is 18.3 Å². The third-order valence-electron chi connectivity index (χ3n) is 1.87. The van der Waals surface area contributed by atoms with Gasteiger partial charge in [0.05, 0.1) is 0 Å². The predicted molar refractivity (Wildman–Crippen MR) is 45.4 cm³/mol. The molecule has 0 fully saturated rings. The molecule has 1 aromatic rings. The molecule has 0 aliphatic carbocycles. The zero-order valence-electron chi connectivity index (χ0n) is 7.25. The summed E-state index contributed by atoms with van der Waals surface area (Å²) in [6, 6.07) is 3.67. The van der Waals surface area contributed by atoms with Gasteiger partial charge in [0.2, 0.25) is 0 Å². The number of benzene rings is 1. The van der Waals surface area contributed by atoms with Gasteiger partial charge in [-0.25, -0.2) is 4.39 Å². The first-order valence-corrected chi connectivity index (χ1v) is 4.00. The molecule has 0 aliphatic rings. The van der Waals surface area contributed by atoms with E-state index in [2.05, 4.69) is 0 Å². The lowest BCUT2D eigenvalue weighted by atomic mass is 10.0. The third-order valence-corrected chi connectivity index (χ3v) is 1.87. The fraction of sp³-hybridized carbons (Fsp3) is 0.333. The largest absolute Gasteiger partial charge is 0.385 e. The standard InChI is InChI=1S/C9H10F3NO/c10-7-3-1-6(2-4-7)9(11,12)8(14)5-13/h1-4,8,14H,5,13H2. The van der Waals surface area contributed by atoms with Gasteiger partial charge in [-0.15, -0.1) is 0 Å². The van der Waals surface area contributed by atoms with Crippen LogP contribution >= 0.6 is 0 Å². The zero-order chi connectivity index (χ0) is 10.8. The highest BCUT2D eigenvalue weighted by atomic mass is 19.3. The Kier molecular flexibility index (Phi) is 3.13. The van der Waals surface area contributed by atoms with Crippen LogP contribution in [-0.4, -0.2) is 17.8 Å². The van der Waals surface area contributed by atoms with Crippen molar-refractivity contribution in [2.45, 2.75) is 12.0 Å². The third kappa shape index (κ3) is 2.05. The van der Waals surface area contributed by atoms with Crippen molar-refractivity contribution in [3.63, 3.8) is 0 Å². The van der Waals surface area contributed by atoms with Crippen molar-refractivity contribution >= 4 is 0 Å². The van der Waals surface area contributed by atoms with Gasteiger partial charge in [-0.2, -0.15) is 8.78 Å². The summed E-state index contributed by atoms with van der Waals surface area (Å²) in [5.41, 5.74) is 4.47. The number of hydrogen-bond acceptors (Lipinski definition) is 2. The maximum absolute atomic E-state index is 13.2. The summed E-state index contributed by atoms with van der Waals surface area (Å²) in [6.45, 7) is -0.551. The van der Waals surface area contributed by atoms with E-state index in [9.17, 15) is 13.2 Å². The van der Waals surface area contributed by atoms with Gasteiger partial charge in [-0.05, 0) is 12.1 Å². The van der Waals surface area contributed by atoms with Crippen LogP contribution in [0.2, 0.25) is 0 Å². The second kappa shape index (κ2) is 3.98. The number of aliphatic hydroxyl groups excluding tert-OH is 1. The van der Waals surface area contributed by atoms with E-state index >= 15 is 0 Å². The van der Waals surface area contributed by atoms with Crippen LogP contribution in [0.4, 0.5) is 13.2 Å². The quantitative estimate of drug-likeness (QED) is 0.779. The molecule has 3 N–H and O–H groups in total. The Labute approximate surface area is 79.2 Å². The first-order chi connectivity index (χ1) is 6.48. The molecule has 1 rings (SSSR count). The summed E-state index contributed by atoms with van der Waals surface area (Å²) in [5.74, 6) is -4.05. The Bertz CT molecular complexity index is 299. The number of rotatable bonds is 3. The van der Waals surface area contributed by atoms with Crippen LogP contribution in [0.25, 0.3) is 0 Å². The van der Waals surface area contributed by atoms with Crippen LogP contribution in [0.15, 0.2) is 24.3 Å². The fourth-order valence-corrected chi connectivity index (χ4v) is 1.01. The molecule has 0 spiro atoms. The number of hydrogen-bond donors (Lipinski definition) is 2. The SMILES string of the molecule is NCC(O)C(F)(F)c1ccc(F)cc1. The molecule has 1 unspecified atom stereocenters. The predicted octanol–water partition coefficient (Wildman–Crippen LogP) is 1.24. The van der Waals surface area contributed by atoms with Crippen molar-refractivity contribution in [3.8, 4) is 0 Å². The fourth-order valence-electron chi connectivity index (χ4n) is 1.01. The van der Waals surface area contributed by atoms with E-state index in [1.165, 1.54) is 0 Å². The van der Waals surface area contributed by atoms with Crippen molar-refractivity contribution in [2.24, 2.45) is 5.73 Å². The Hall–Kier alpha value is -1.07. The maximum atomic E-state index is 13.2. The summed E-state index contributed by atoms with van der Waals surface area (Å²) >= 11 is 0. The van der Waals surface area contributed by atoms with E-state index in [0.717, 1.165) is 24.3 Å². The van der Waals surface area contributed by atoms with Crippen LogP contribution in [0.3, 0.4) is 0 Å². The van der Waals surface area contributed by atoms with Gasteiger partial charge in [0.25, 0.3) is 5.92 Å². The Morgan fingerprint density at radius 2 is 1.79 bits per heavy atom. The molecule has 2 nitrogen and oxygen atoms in total. The zero-order valence-corrected chi connectivity index (χ0v) is 7.25. The Balaban J connectivity index is 2.97. The molecule has 0 aromatic heterocycles. The lowest BCUT2D eigenvalue weighted by molar-refractivity contribution is -0.110. The van der Waals surface area contributed by atoms with E-state index in [0.29, 0.717) is 0 Å². The molecule has 0 amide bonds. The topological polar surface area (TPSA) is 46.2 Å². The normalized spacial score (nSPS) is 14.1. The van der Waals surface area contributed by atoms with E-state index in [1.807, 2.05) is 0 Å². The van der Waals surface area contributed by atoms with Crippen LogP contribution in [0.1, 0.15) is 5.56 Å². The van der Waals surface area contributed by atoms with Crippen molar-refractivity contribution in [2.75, 3.05) is 6.54 Å². The number of nitrogens with two attached hydrogens (primary N) is 1. The highest BCUT2D eigenvalue weighted by Crippen LogP contribution is 2.31. The highest BCUT2D eigenvalue weighted by Gasteiger charge is 2.39. The van der Waals surface area contributed by atoms with Gasteiger partial charge in [0.15, 0.2) is 0 Å². The molecule has 1 aromatic carbocycles. The first kappa shape index (κ1) is 11.0. The van der Waals surface area contributed by atoms with Gasteiger partial charge in [0.1, 0.15) is 11.9 Å². The molecule has 14 heavy (non-hydrogen) atoms. The summed E-state index contributed by atoms with van der Waals surface area (Å²) in [4.78, 5) is 0. The Morgan fingerprint density at radius 1 is 1.29 bits per heavy atom. The van der Waals surface area contributed by atoms with Crippen LogP contribution in [0.5, 0.6) is 0 Å². The van der Waals surface area contributed by atoms with Crippen molar-refractivity contribution in [1.29, 1.82) is 0 Å². The maximum Gasteiger partial charge on any atom is 0.299 e. The van der Waals surface area contributed by atoms with E-state index in [-0.39, 0.29) is 0 Å². The molecule has 78 valence electrons. The van der Waals surface area contributed by atoms with Gasteiger partial charge in [-0.3, -0.25) is 0 Å². The molecule has 0 bridgehead atoms. The van der Waals surface area contributed by atoms with E-state index < -0.39 is 30.0 Å². The van der Waals surface area contributed by atoms with Crippen LogP contribution < -0.4 is 5.73 Å². The number of alkyl halides is 2. The van der Waals surface area contributed by atoms with Gasteiger partial charge < -0.3 is 10.8 Å². The smallest absolute Gasteiger partial charge is 0.299 e. The monoisotopic (exact) mass is 205 g/mol.